The van der Waals surface area contributed by atoms with Crippen molar-refractivity contribution in [3.8, 4) is 0 Å². The van der Waals surface area contributed by atoms with Gasteiger partial charge < -0.3 is 45.1 Å². The van der Waals surface area contributed by atoms with Crippen molar-refractivity contribution in [1.82, 2.24) is 9.55 Å². The van der Waals surface area contributed by atoms with Crippen molar-refractivity contribution in [2.75, 3.05) is 32.2 Å². The van der Waals surface area contributed by atoms with E-state index in [-0.39, 0.29) is 25.3 Å². The molecular formula is C50H83N3O16P2. The zero-order chi connectivity index (χ0) is 52.0. The molecule has 0 bridgehead atoms. The van der Waals surface area contributed by atoms with E-state index in [1.807, 2.05) is 12.2 Å². The lowest BCUT2D eigenvalue weighted by Crippen LogP contribution is -2.36. The van der Waals surface area contributed by atoms with Gasteiger partial charge in [0, 0.05) is 25.6 Å². The van der Waals surface area contributed by atoms with Gasteiger partial charge in [0.2, 0.25) is 0 Å². The fraction of sp³-hybridized carbons (Fsp3) is 0.680. The average Bonchev–Trinajstić information content (AvgIpc) is 3.61. The number of carbonyl (C=O) groups excluding carboxylic acids is 2. The van der Waals surface area contributed by atoms with Gasteiger partial charge in [0.1, 0.15) is 30.7 Å². The quantitative estimate of drug-likeness (QED) is 0.0154. The highest BCUT2D eigenvalue weighted by molar-refractivity contribution is 7.61. The molecule has 19 nitrogen and oxygen atoms in total. The maximum absolute atomic E-state index is 12.9. The van der Waals surface area contributed by atoms with E-state index in [9.17, 15) is 43.5 Å². The maximum atomic E-state index is 12.9. The number of nitrogens with two attached hydrogens (primary N) is 1. The number of hydrogen-bond acceptors (Lipinski definition) is 16. The number of aliphatic hydroxyl groups is 3. The summed E-state index contributed by atoms with van der Waals surface area (Å²) in [7, 11) is -10.9. The molecule has 21 heteroatoms. The van der Waals surface area contributed by atoms with Crippen LogP contribution in [0, 0.1) is 0 Å². The summed E-state index contributed by atoms with van der Waals surface area (Å²) >= 11 is 0. The third kappa shape index (κ3) is 31.6. The molecule has 1 aliphatic rings. The molecule has 2 rings (SSSR count). The van der Waals surface area contributed by atoms with Crippen LogP contribution in [0.25, 0.3) is 0 Å². The summed E-state index contributed by atoms with van der Waals surface area (Å²) in [5.74, 6) is -1.39. The molecule has 0 aromatic carbocycles. The van der Waals surface area contributed by atoms with E-state index >= 15 is 0 Å². The molecule has 1 aromatic heterocycles. The van der Waals surface area contributed by atoms with E-state index in [1.54, 1.807) is 0 Å². The van der Waals surface area contributed by atoms with Crippen LogP contribution in [-0.2, 0) is 46.3 Å². The third-order valence-electron chi connectivity index (χ3n) is 11.1. The Morgan fingerprint density at radius 1 is 0.704 bits per heavy atom. The zero-order valence-corrected chi connectivity index (χ0v) is 43.5. The molecule has 2 unspecified atom stereocenters. The van der Waals surface area contributed by atoms with Crippen molar-refractivity contribution < 1.29 is 71.4 Å². The van der Waals surface area contributed by atoms with Crippen LogP contribution < -0.4 is 11.4 Å². The van der Waals surface area contributed by atoms with Crippen molar-refractivity contribution in [3.05, 3.63) is 83.5 Å². The number of rotatable bonds is 42. The molecular weight excluding hydrogens is 961 g/mol. The van der Waals surface area contributed by atoms with Gasteiger partial charge in [0.05, 0.1) is 13.2 Å². The number of anilines is 1. The number of nitrogens with zero attached hydrogens (tertiary/aromatic N) is 2. The molecule has 404 valence electrons. The zero-order valence-electron chi connectivity index (χ0n) is 41.7. The number of phosphoric acid groups is 2. The van der Waals surface area contributed by atoms with Crippen LogP contribution in [0.5, 0.6) is 0 Å². The van der Waals surface area contributed by atoms with Crippen LogP contribution in [-0.4, -0.2) is 97.4 Å². The topological polar surface area (TPSA) is 286 Å². The van der Waals surface area contributed by atoms with Crippen LogP contribution >= 0.6 is 15.6 Å². The predicted molar refractivity (Wildman–Crippen MR) is 272 cm³/mol. The first-order valence-electron chi connectivity index (χ1n) is 25.4. The largest absolute Gasteiger partial charge is 0.481 e. The lowest BCUT2D eigenvalue weighted by atomic mass is 10.1. The Kier molecular flexibility index (Phi) is 34.9. The van der Waals surface area contributed by atoms with E-state index in [0.717, 1.165) is 94.2 Å². The molecule has 0 spiro atoms. The Morgan fingerprint density at radius 2 is 1.21 bits per heavy atom. The molecule has 0 radical (unpaired) electrons. The van der Waals surface area contributed by atoms with Gasteiger partial charge in [0.25, 0.3) is 0 Å². The average molecular weight is 1040 g/mol. The molecule has 1 saturated heterocycles. The summed E-state index contributed by atoms with van der Waals surface area (Å²) in [6.45, 7) is 0.0863. The summed E-state index contributed by atoms with van der Waals surface area (Å²) in [4.78, 5) is 61.9. The van der Waals surface area contributed by atoms with E-state index in [4.69, 9.17) is 34.1 Å². The Balaban J connectivity index is 1.83. The standard InChI is InChI=1S/C50H83N3O16P2/c1-2-3-4-5-6-7-8-9-13-17-20-23-26-29-32-35-46(56)67-42(39-64-45(55)34-31-28-25-22-19-16-14-11-10-12-15-18-21-24-27-30-33-38-54)40-65-70(60,61)69-71(62,63)66-41-43-47(57)48(58)49(68-43)53-37-36-44(51)52-50(53)59/h9-10,12-14,16,18,21-22,25,36-37,42-43,47-49,54,57-58H,2-8,11,15,17,19-20,23-24,26-35,38-41H2,1H3,(H,60,61)(H,62,63)(H2,51,52,59)/b12-10-,13-9-,16-14-,21-18-,25-22-/t42-,43-,47-,48-,49-/m1/s1. The van der Waals surface area contributed by atoms with Crippen LogP contribution in [0.15, 0.2) is 77.8 Å². The van der Waals surface area contributed by atoms with Crippen molar-refractivity contribution in [3.63, 3.8) is 0 Å². The van der Waals surface area contributed by atoms with E-state index in [0.29, 0.717) is 19.3 Å². The summed E-state index contributed by atoms with van der Waals surface area (Å²) < 4.78 is 56.7. The summed E-state index contributed by atoms with van der Waals surface area (Å²) in [5.41, 5.74) is 4.58. The lowest BCUT2D eigenvalue weighted by Gasteiger charge is -2.21. The second-order valence-corrected chi connectivity index (χ2v) is 20.4. The van der Waals surface area contributed by atoms with Crippen molar-refractivity contribution in [1.29, 1.82) is 0 Å². The first-order chi connectivity index (χ1) is 34.2. The minimum Gasteiger partial charge on any atom is -0.462 e. The van der Waals surface area contributed by atoms with Gasteiger partial charge in [-0.15, -0.1) is 0 Å². The Hall–Kier alpha value is -3.58. The van der Waals surface area contributed by atoms with Crippen molar-refractivity contribution >= 4 is 33.4 Å². The second kappa shape index (κ2) is 39.0. The number of ether oxygens (including phenoxy) is 3. The van der Waals surface area contributed by atoms with Crippen molar-refractivity contribution in [2.45, 2.75) is 192 Å². The summed E-state index contributed by atoms with van der Waals surface area (Å²) in [6.07, 6.45) is 36.0. The molecule has 71 heavy (non-hydrogen) atoms. The van der Waals surface area contributed by atoms with Gasteiger partial charge in [0.15, 0.2) is 12.3 Å². The van der Waals surface area contributed by atoms with Gasteiger partial charge in [-0.1, -0.05) is 125 Å². The molecule has 7 N–H and O–H groups in total. The number of phosphoric ester groups is 2. The normalized spacial score (nSPS) is 19.6. The van der Waals surface area contributed by atoms with Crippen molar-refractivity contribution in [2.24, 2.45) is 0 Å². The Bertz CT molecular complexity index is 1920. The van der Waals surface area contributed by atoms with Gasteiger partial charge in [-0.25, -0.2) is 13.9 Å². The van der Waals surface area contributed by atoms with Crippen LogP contribution in [0.3, 0.4) is 0 Å². The highest BCUT2D eigenvalue weighted by atomic mass is 31.3. The smallest absolute Gasteiger partial charge is 0.462 e. The molecule has 1 aliphatic heterocycles. The number of unbranched alkanes of at least 4 members (excludes halogenated alkanes) is 15. The SMILES string of the molecule is CCCCCCCC/C=C\CCCCCCCC(=O)O[C@H](COC(=O)CCC/C=C\C/C=C\C/C=C\C/C=C\CCCCCO)COP(=O)(O)OP(=O)(O)OC[C@H]1O[C@@H](n2ccc(N)nc2=O)[C@H](O)[C@@H]1O. The molecule has 7 atom stereocenters. The van der Waals surface area contributed by atoms with Gasteiger partial charge in [-0.2, -0.15) is 9.29 Å². The highest BCUT2D eigenvalue weighted by Crippen LogP contribution is 2.60. The van der Waals surface area contributed by atoms with Gasteiger partial charge in [-0.3, -0.25) is 23.2 Å². The number of allylic oxidation sites excluding steroid dienone is 10. The number of hydrogen-bond donors (Lipinski definition) is 6. The van der Waals surface area contributed by atoms with Gasteiger partial charge in [-0.05, 0) is 89.5 Å². The molecule has 2 heterocycles. The number of nitrogen functional groups attached to an aromatic ring is 1. The first-order valence-corrected chi connectivity index (χ1v) is 28.4. The molecule has 0 amide bonds. The minimum atomic E-state index is -5.44. The lowest BCUT2D eigenvalue weighted by molar-refractivity contribution is -0.161. The summed E-state index contributed by atoms with van der Waals surface area (Å²) in [5, 5.41) is 29.7. The van der Waals surface area contributed by atoms with Gasteiger partial charge >= 0.3 is 33.3 Å². The fourth-order valence-electron chi connectivity index (χ4n) is 7.16. The number of carbonyl (C=O) groups is 2. The Labute approximate surface area is 420 Å². The monoisotopic (exact) mass is 1040 g/mol. The fourth-order valence-corrected chi connectivity index (χ4v) is 9.27. The van der Waals surface area contributed by atoms with Crippen LogP contribution in [0.2, 0.25) is 0 Å². The van der Waals surface area contributed by atoms with E-state index in [2.05, 4.69) is 64.8 Å². The molecule has 0 saturated carbocycles. The first kappa shape index (κ1) is 63.5. The highest BCUT2D eigenvalue weighted by Gasteiger charge is 2.46. The Morgan fingerprint density at radius 3 is 1.80 bits per heavy atom. The minimum absolute atomic E-state index is 0.0211. The molecule has 1 fully saturated rings. The van der Waals surface area contributed by atoms with E-state index < -0.39 is 83.7 Å². The van der Waals surface area contributed by atoms with Crippen LogP contribution in [0.4, 0.5) is 5.82 Å². The maximum Gasteiger partial charge on any atom is 0.481 e. The predicted octanol–water partition coefficient (Wildman–Crippen LogP) is 9.31. The number of aliphatic hydroxyl groups excluding tert-OH is 3. The van der Waals surface area contributed by atoms with Crippen LogP contribution in [0.1, 0.15) is 167 Å². The number of aromatic nitrogens is 2. The summed E-state index contributed by atoms with van der Waals surface area (Å²) in [6, 6.07) is 1.24. The molecule has 0 aliphatic carbocycles. The number of esters is 2. The second-order valence-electron chi connectivity index (χ2n) is 17.4. The third-order valence-corrected chi connectivity index (χ3v) is 13.7. The molecule has 1 aromatic rings. The van der Waals surface area contributed by atoms with E-state index in [1.165, 1.54) is 44.6 Å².